The van der Waals surface area contributed by atoms with Crippen molar-refractivity contribution in [2.24, 2.45) is 4.99 Å². The SMILES string of the molecule is Cc1ccc(COCCF)c(N2C(=O)CSC2=NC(=O)Nc2ccc(-c3ncn(-c4ccc(S(=O)(=O)C(F)(F)F)cc4)n3)cc2F)c1. The summed E-state index contributed by atoms with van der Waals surface area (Å²) in [4.78, 5) is 34.0. The molecule has 5 rings (SSSR count). The summed E-state index contributed by atoms with van der Waals surface area (Å²) in [6, 6.07) is 11.7. The maximum Gasteiger partial charge on any atom is 0.501 e. The number of amidine groups is 1. The number of urea groups is 1. The van der Waals surface area contributed by atoms with Gasteiger partial charge < -0.3 is 10.1 Å². The molecule has 18 heteroatoms. The van der Waals surface area contributed by atoms with E-state index in [4.69, 9.17) is 4.74 Å². The van der Waals surface area contributed by atoms with Crippen LogP contribution in [0.2, 0.25) is 0 Å². The maximum absolute atomic E-state index is 15.1. The van der Waals surface area contributed by atoms with Gasteiger partial charge in [-0.15, -0.1) is 5.10 Å². The van der Waals surface area contributed by atoms with Crippen molar-refractivity contribution in [3.8, 4) is 17.1 Å². The second kappa shape index (κ2) is 13.6. The van der Waals surface area contributed by atoms with Crippen LogP contribution < -0.4 is 10.2 Å². The van der Waals surface area contributed by atoms with E-state index in [1.807, 2.05) is 6.92 Å². The smallest absolute Gasteiger partial charge is 0.374 e. The molecule has 2 heterocycles. The zero-order chi connectivity index (χ0) is 33.9. The lowest BCUT2D eigenvalue weighted by molar-refractivity contribution is -0.115. The fraction of sp³-hybridized carbons (Fsp3) is 0.207. The van der Waals surface area contributed by atoms with E-state index in [1.165, 1.54) is 23.4 Å². The van der Waals surface area contributed by atoms with Crippen LogP contribution in [0.15, 0.2) is 76.9 Å². The lowest BCUT2D eigenvalue weighted by atomic mass is 10.1. The zero-order valence-electron chi connectivity index (χ0n) is 24.2. The monoisotopic (exact) mass is 694 g/mol. The number of aryl methyl sites for hydroxylation is 1. The summed E-state index contributed by atoms with van der Waals surface area (Å²) in [5, 5.41) is 6.55. The Morgan fingerprint density at radius 1 is 1.11 bits per heavy atom. The molecule has 1 aromatic heterocycles. The number of ether oxygens (including phenoxy) is 1. The Morgan fingerprint density at radius 2 is 1.85 bits per heavy atom. The van der Waals surface area contributed by atoms with Gasteiger partial charge in [0.1, 0.15) is 18.8 Å². The highest BCUT2D eigenvalue weighted by Gasteiger charge is 2.46. The molecule has 0 unspecified atom stereocenters. The quantitative estimate of drug-likeness (QED) is 0.171. The third-order valence-electron chi connectivity index (χ3n) is 6.60. The Hall–Kier alpha value is -4.68. The molecule has 1 fully saturated rings. The summed E-state index contributed by atoms with van der Waals surface area (Å²) in [6.07, 6.45) is 1.20. The summed E-state index contributed by atoms with van der Waals surface area (Å²) < 4.78 is 95.7. The van der Waals surface area contributed by atoms with Crippen LogP contribution in [0.5, 0.6) is 0 Å². The van der Waals surface area contributed by atoms with Gasteiger partial charge in [0.25, 0.3) is 9.84 Å². The van der Waals surface area contributed by atoms with Crippen LogP contribution in [0.1, 0.15) is 11.1 Å². The highest BCUT2D eigenvalue weighted by molar-refractivity contribution is 8.15. The number of aromatic nitrogens is 3. The number of sulfone groups is 1. The first-order valence-corrected chi connectivity index (χ1v) is 16.0. The summed E-state index contributed by atoms with van der Waals surface area (Å²) in [5.41, 5.74) is -3.49. The Balaban J connectivity index is 1.31. The van der Waals surface area contributed by atoms with Crippen LogP contribution in [-0.4, -0.2) is 64.8 Å². The molecule has 3 aromatic carbocycles. The predicted octanol–water partition coefficient (Wildman–Crippen LogP) is 5.83. The maximum atomic E-state index is 15.1. The van der Waals surface area contributed by atoms with Crippen molar-refractivity contribution in [2.75, 3.05) is 29.3 Å². The second-order valence-electron chi connectivity index (χ2n) is 9.87. The van der Waals surface area contributed by atoms with Crippen molar-refractivity contribution >= 4 is 50.1 Å². The summed E-state index contributed by atoms with van der Waals surface area (Å²) in [7, 11) is -5.52. The van der Waals surface area contributed by atoms with E-state index in [2.05, 4.69) is 20.4 Å². The number of thioether (sulfide) groups is 1. The Morgan fingerprint density at radius 3 is 2.53 bits per heavy atom. The highest BCUT2D eigenvalue weighted by atomic mass is 32.2. The van der Waals surface area contributed by atoms with Gasteiger partial charge in [-0.3, -0.25) is 9.69 Å². The second-order valence-corrected chi connectivity index (χ2v) is 12.8. The molecule has 0 spiro atoms. The Bertz CT molecular complexity index is 1970. The minimum Gasteiger partial charge on any atom is -0.374 e. The van der Waals surface area contributed by atoms with Crippen molar-refractivity contribution in [3.05, 3.63) is 83.9 Å². The first-order valence-electron chi connectivity index (χ1n) is 13.5. The molecule has 3 amide bonds. The molecule has 1 N–H and O–H groups in total. The molecule has 0 bridgehead atoms. The fourth-order valence-corrected chi connectivity index (χ4v) is 5.96. The molecule has 4 aromatic rings. The molecule has 1 saturated heterocycles. The molecule has 1 aliphatic heterocycles. The number of alkyl halides is 4. The number of rotatable bonds is 9. The number of amides is 3. The largest absolute Gasteiger partial charge is 0.501 e. The molecular weight excluding hydrogens is 671 g/mol. The van der Waals surface area contributed by atoms with Crippen molar-refractivity contribution < 1.29 is 44.7 Å². The van der Waals surface area contributed by atoms with E-state index in [9.17, 15) is 35.6 Å². The third-order valence-corrected chi connectivity index (χ3v) is 9.03. The number of anilines is 2. The summed E-state index contributed by atoms with van der Waals surface area (Å²) in [6.45, 7) is 1.03. The van der Waals surface area contributed by atoms with E-state index in [-0.39, 0.29) is 52.8 Å². The van der Waals surface area contributed by atoms with Crippen LogP contribution in [0.25, 0.3) is 17.1 Å². The van der Waals surface area contributed by atoms with E-state index >= 15 is 4.39 Å². The topological polar surface area (TPSA) is 136 Å². The van der Waals surface area contributed by atoms with E-state index < -0.39 is 38.8 Å². The van der Waals surface area contributed by atoms with E-state index in [1.54, 1.807) is 18.2 Å². The first-order chi connectivity index (χ1) is 22.3. The number of halogens is 5. The van der Waals surface area contributed by atoms with Crippen LogP contribution in [0.4, 0.5) is 38.1 Å². The minimum atomic E-state index is -5.52. The normalized spacial score (nSPS) is 14.6. The van der Waals surface area contributed by atoms with Crippen LogP contribution >= 0.6 is 11.8 Å². The number of carbonyl (C=O) groups excluding carboxylic acids is 2. The van der Waals surface area contributed by atoms with Gasteiger partial charge >= 0.3 is 11.5 Å². The van der Waals surface area contributed by atoms with Crippen molar-refractivity contribution in [2.45, 2.75) is 23.9 Å². The zero-order valence-corrected chi connectivity index (χ0v) is 25.8. The molecule has 0 saturated carbocycles. The van der Waals surface area contributed by atoms with Gasteiger partial charge in [0.2, 0.25) is 5.91 Å². The van der Waals surface area contributed by atoms with Crippen molar-refractivity contribution in [1.29, 1.82) is 0 Å². The summed E-state index contributed by atoms with van der Waals surface area (Å²) in [5.74, 6) is -1.18. The molecule has 0 atom stereocenters. The predicted molar refractivity (Wildman–Crippen MR) is 163 cm³/mol. The van der Waals surface area contributed by atoms with Gasteiger partial charge in [0.15, 0.2) is 11.0 Å². The van der Waals surface area contributed by atoms with Crippen molar-refractivity contribution in [3.63, 3.8) is 0 Å². The fourth-order valence-electron chi connectivity index (χ4n) is 4.34. The van der Waals surface area contributed by atoms with Gasteiger partial charge in [0, 0.05) is 11.1 Å². The molecular formula is C29H23F5N6O5S2. The van der Waals surface area contributed by atoms with Crippen LogP contribution in [0.3, 0.4) is 0 Å². The van der Waals surface area contributed by atoms with Crippen LogP contribution in [-0.2, 0) is 26.0 Å². The standard InChI is InChI=1S/C29H23F5N6O5S2/c1-17-2-3-19(14-45-11-10-30)24(12-17)40-25(41)15-46-28(40)37-27(42)36-23-9-4-18(13-22(23)31)26-35-16-39(38-26)20-5-7-21(8-6-20)47(43,44)29(32,33)34/h2-9,12-13,16H,10-11,14-15H2,1H3,(H,36,42). The van der Waals surface area contributed by atoms with Crippen molar-refractivity contribution in [1.82, 2.24) is 14.8 Å². The molecule has 1 aliphatic rings. The molecule has 246 valence electrons. The molecule has 0 aliphatic carbocycles. The lowest BCUT2D eigenvalue weighted by Crippen LogP contribution is -2.31. The number of hydrogen-bond donors (Lipinski definition) is 1. The van der Waals surface area contributed by atoms with Gasteiger partial charge in [-0.2, -0.15) is 18.2 Å². The Kier molecular flexibility index (Phi) is 9.73. The average molecular weight is 695 g/mol. The summed E-state index contributed by atoms with van der Waals surface area (Å²) >= 11 is 1.01. The molecule has 47 heavy (non-hydrogen) atoms. The number of benzene rings is 3. The number of nitrogens with zero attached hydrogens (tertiary/aromatic N) is 5. The highest BCUT2D eigenvalue weighted by Crippen LogP contribution is 2.32. The first kappa shape index (κ1) is 33.7. The molecule has 0 radical (unpaired) electrons. The number of carbonyl (C=O) groups is 2. The van der Waals surface area contributed by atoms with E-state index in [0.717, 1.165) is 52.3 Å². The van der Waals surface area contributed by atoms with Gasteiger partial charge in [-0.1, -0.05) is 23.9 Å². The third kappa shape index (κ3) is 7.34. The number of aliphatic imine (C=N–C) groups is 1. The number of hydrogen-bond acceptors (Lipinski definition) is 8. The van der Waals surface area contributed by atoms with Gasteiger partial charge in [-0.25, -0.2) is 31.7 Å². The Labute approximate surface area is 268 Å². The average Bonchev–Trinajstić information content (AvgIpc) is 3.65. The van der Waals surface area contributed by atoms with Gasteiger partial charge in [0.05, 0.1) is 40.9 Å². The van der Waals surface area contributed by atoms with E-state index in [0.29, 0.717) is 11.3 Å². The van der Waals surface area contributed by atoms with Gasteiger partial charge in [-0.05, 0) is 61.0 Å². The minimum absolute atomic E-state index is 0.00431. The van der Waals surface area contributed by atoms with Crippen LogP contribution in [0, 0.1) is 12.7 Å². The lowest BCUT2D eigenvalue weighted by Gasteiger charge is -2.20. The number of nitrogens with one attached hydrogen (secondary N) is 1. The molecule has 11 nitrogen and oxygen atoms in total.